The number of rotatable bonds is 5. The van der Waals surface area contributed by atoms with E-state index in [0.717, 1.165) is 29.6 Å². The Morgan fingerprint density at radius 3 is 1.83 bits per heavy atom. The molecule has 2 nitrogen and oxygen atoms in total. The van der Waals surface area contributed by atoms with Crippen LogP contribution in [0.3, 0.4) is 0 Å². The molecule has 2 saturated carbocycles. The van der Waals surface area contributed by atoms with E-state index in [1.165, 1.54) is 83.7 Å². The Morgan fingerprint density at radius 2 is 1.26 bits per heavy atom. The topological polar surface area (TPSA) is 24.1 Å². The molecule has 0 bridgehead atoms. The number of hydrogen-bond donors (Lipinski definition) is 2. The summed E-state index contributed by atoms with van der Waals surface area (Å²) in [5.41, 5.74) is 0. The zero-order valence-corrected chi connectivity index (χ0v) is 15.7. The van der Waals surface area contributed by atoms with Crippen molar-refractivity contribution in [1.82, 2.24) is 10.6 Å². The fourth-order valence-electron chi connectivity index (χ4n) is 5.47. The summed E-state index contributed by atoms with van der Waals surface area (Å²) in [5, 5.41) is 7.67. The predicted molar refractivity (Wildman–Crippen MR) is 99.4 cm³/mol. The predicted octanol–water partition coefficient (Wildman–Crippen LogP) is 4.94. The first-order valence-corrected chi connectivity index (χ1v) is 10.7. The van der Waals surface area contributed by atoms with Gasteiger partial charge in [-0.3, -0.25) is 0 Å². The van der Waals surface area contributed by atoms with Crippen molar-refractivity contribution in [3.63, 3.8) is 0 Å². The highest BCUT2D eigenvalue weighted by molar-refractivity contribution is 4.87. The molecule has 0 atom stereocenters. The molecule has 0 aromatic carbocycles. The summed E-state index contributed by atoms with van der Waals surface area (Å²) >= 11 is 0. The van der Waals surface area contributed by atoms with E-state index in [4.69, 9.17) is 0 Å². The third-order valence-corrected chi connectivity index (χ3v) is 7.23. The molecule has 0 radical (unpaired) electrons. The van der Waals surface area contributed by atoms with Gasteiger partial charge in [0.15, 0.2) is 0 Å². The van der Waals surface area contributed by atoms with Crippen LogP contribution in [-0.4, -0.2) is 19.3 Å². The standard InChI is InChI=1S/C21H40N2/c1-3-4-5-17-14-22-21(23-15-17)20-12-10-19(11-13-20)18-8-6-16(2)7-9-18/h16-23H,3-15H2,1-2H3. The van der Waals surface area contributed by atoms with Crippen LogP contribution in [0.15, 0.2) is 0 Å². The zero-order valence-electron chi connectivity index (χ0n) is 15.7. The van der Waals surface area contributed by atoms with Crippen molar-refractivity contribution in [1.29, 1.82) is 0 Å². The Kier molecular flexibility index (Phi) is 6.83. The van der Waals surface area contributed by atoms with E-state index in [2.05, 4.69) is 24.5 Å². The molecular weight excluding hydrogens is 280 g/mol. The zero-order chi connectivity index (χ0) is 16.1. The quantitative estimate of drug-likeness (QED) is 0.749. The van der Waals surface area contributed by atoms with Crippen LogP contribution in [0.1, 0.15) is 84.5 Å². The summed E-state index contributed by atoms with van der Waals surface area (Å²) < 4.78 is 0. The van der Waals surface area contributed by atoms with Gasteiger partial charge in [-0.15, -0.1) is 0 Å². The van der Waals surface area contributed by atoms with Crippen molar-refractivity contribution >= 4 is 0 Å². The normalized spacial score (nSPS) is 42.5. The van der Waals surface area contributed by atoms with Crippen molar-refractivity contribution in [2.24, 2.45) is 29.6 Å². The van der Waals surface area contributed by atoms with Crippen LogP contribution in [0.4, 0.5) is 0 Å². The maximum absolute atomic E-state index is 3.84. The fourth-order valence-corrected chi connectivity index (χ4v) is 5.47. The Morgan fingerprint density at radius 1 is 0.739 bits per heavy atom. The molecule has 2 aliphatic carbocycles. The van der Waals surface area contributed by atoms with Crippen molar-refractivity contribution in [3.8, 4) is 0 Å². The first-order valence-electron chi connectivity index (χ1n) is 10.7. The monoisotopic (exact) mass is 320 g/mol. The highest BCUT2D eigenvalue weighted by Gasteiger charge is 2.33. The number of unbranched alkanes of at least 4 members (excludes halogenated alkanes) is 1. The molecule has 0 aromatic rings. The first kappa shape index (κ1) is 17.7. The molecule has 0 spiro atoms. The molecular formula is C21H40N2. The molecule has 23 heavy (non-hydrogen) atoms. The molecule has 2 N–H and O–H groups in total. The molecule has 3 fully saturated rings. The third kappa shape index (κ3) is 4.95. The Hall–Kier alpha value is -0.0800. The fraction of sp³-hybridized carbons (Fsp3) is 1.00. The molecule has 1 saturated heterocycles. The maximum Gasteiger partial charge on any atom is 0.0600 e. The van der Waals surface area contributed by atoms with Gasteiger partial charge in [-0.1, -0.05) is 39.5 Å². The first-order chi connectivity index (χ1) is 11.3. The highest BCUT2D eigenvalue weighted by atomic mass is 15.2. The second kappa shape index (κ2) is 8.85. The summed E-state index contributed by atoms with van der Waals surface area (Å²) in [4.78, 5) is 0. The summed E-state index contributed by atoms with van der Waals surface area (Å²) in [7, 11) is 0. The van der Waals surface area contributed by atoms with Gasteiger partial charge in [0, 0.05) is 13.1 Å². The van der Waals surface area contributed by atoms with Gasteiger partial charge in [0.25, 0.3) is 0 Å². The van der Waals surface area contributed by atoms with Crippen molar-refractivity contribution in [2.45, 2.75) is 90.6 Å². The van der Waals surface area contributed by atoms with E-state index < -0.39 is 0 Å². The lowest BCUT2D eigenvalue weighted by Crippen LogP contribution is -2.56. The molecule has 0 aromatic heterocycles. The van der Waals surface area contributed by atoms with E-state index in [1.54, 1.807) is 0 Å². The molecule has 1 aliphatic heterocycles. The molecule has 3 aliphatic rings. The molecule has 3 rings (SSSR count). The van der Waals surface area contributed by atoms with E-state index in [1.807, 2.05) is 0 Å². The van der Waals surface area contributed by atoms with Gasteiger partial charge in [0.1, 0.15) is 0 Å². The molecule has 0 amide bonds. The Labute approximate surface area is 144 Å². The molecule has 134 valence electrons. The van der Waals surface area contributed by atoms with Gasteiger partial charge >= 0.3 is 0 Å². The van der Waals surface area contributed by atoms with Crippen LogP contribution in [-0.2, 0) is 0 Å². The van der Waals surface area contributed by atoms with Crippen LogP contribution in [0, 0.1) is 29.6 Å². The van der Waals surface area contributed by atoms with Crippen LogP contribution in [0.2, 0.25) is 0 Å². The van der Waals surface area contributed by atoms with Crippen LogP contribution in [0.5, 0.6) is 0 Å². The second-order valence-electron chi connectivity index (χ2n) is 9.00. The highest BCUT2D eigenvalue weighted by Crippen LogP contribution is 2.41. The SMILES string of the molecule is CCCCC1CNC(C2CCC(C3CCC(C)CC3)CC2)NC1. The minimum Gasteiger partial charge on any atom is -0.301 e. The average Bonchev–Trinajstić information content (AvgIpc) is 2.61. The minimum absolute atomic E-state index is 0.611. The third-order valence-electron chi connectivity index (χ3n) is 7.23. The Balaban J connectivity index is 1.36. The lowest BCUT2D eigenvalue weighted by molar-refractivity contribution is 0.116. The minimum atomic E-state index is 0.611. The Bertz CT molecular complexity index is 319. The smallest absolute Gasteiger partial charge is 0.0600 e. The van der Waals surface area contributed by atoms with Gasteiger partial charge in [-0.25, -0.2) is 0 Å². The summed E-state index contributed by atoms with van der Waals surface area (Å²) in [6.45, 7) is 7.25. The maximum atomic E-state index is 3.84. The lowest BCUT2D eigenvalue weighted by atomic mass is 9.69. The number of hydrogen-bond acceptors (Lipinski definition) is 2. The van der Waals surface area contributed by atoms with E-state index in [0.29, 0.717) is 6.17 Å². The van der Waals surface area contributed by atoms with Gasteiger partial charge in [0.2, 0.25) is 0 Å². The van der Waals surface area contributed by atoms with Crippen LogP contribution < -0.4 is 10.6 Å². The summed E-state index contributed by atoms with van der Waals surface area (Å²) in [6.07, 6.45) is 16.7. The van der Waals surface area contributed by atoms with Crippen LogP contribution >= 0.6 is 0 Å². The van der Waals surface area contributed by atoms with Crippen molar-refractivity contribution in [2.75, 3.05) is 13.1 Å². The van der Waals surface area contributed by atoms with Gasteiger partial charge < -0.3 is 10.6 Å². The molecule has 2 heteroatoms. The number of nitrogens with one attached hydrogen (secondary N) is 2. The van der Waals surface area contributed by atoms with Gasteiger partial charge in [0.05, 0.1) is 6.17 Å². The average molecular weight is 321 g/mol. The van der Waals surface area contributed by atoms with Crippen LogP contribution in [0.25, 0.3) is 0 Å². The molecule has 0 unspecified atom stereocenters. The van der Waals surface area contributed by atoms with E-state index in [9.17, 15) is 0 Å². The molecule has 1 heterocycles. The van der Waals surface area contributed by atoms with E-state index in [-0.39, 0.29) is 0 Å². The largest absolute Gasteiger partial charge is 0.301 e. The van der Waals surface area contributed by atoms with E-state index >= 15 is 0 Å². The lowest BCUT2D eigenvalue weighted by Gasteiger charge is -2.42. The second-order valence-corrected chi connectivity index (χ2v) is 9.00. The van der Waals surface area contributed by atoms with Gasteiger partial charge in [-0.2, -0.15) is 0 Å². The van der Waals surface area contributed by atoms with Gasteiger partial charge in [-0.05, 0) is 74.5 Å². The summed E-state index contributed by atoms with van der Waals surface area (Å²) in [5.74, 6) is 4.88. The summed E-state index contributed by atoms with van der Waals surface area (Å²) in [6, 6.07) is 0. The van der Waals surface area contributed by atoms with Crippen molar-refractivity contribution < 1.29 is 0 Å². The van der Waals surface area contributed by atoms with Crippen molar-refractivity contribution in [3.05, 3.63) is 0 Å².